The van der Waals surface area contributed by atoms with Crippen molar-refractivity contribution in [3.8, 4) is 5.75 Å². The van der Waals surface area contributed by atoms with E-state index in [1.54, 1.807) is 42.9 Å². The Bertz CT molecular complexity index is 709. The normalized spacial score (nSPS) is 10.2. The minimum atomic E-state index is -0.483. The van der Waals surface area contributed by atoms with Gasteiger partial charge in [0.1, 0.15) is 11.3 Å². The predicted octanol–water partition coefficient (Wildman–Crippen LogP) is 2.48. The largest absolute Gasteiger partial charge is 0.423 e. The SMILES string of the molecule is CCCNC(=O)Nc1cccc(OC(=O)c2cnn(C)c2C)c1. The van der Waals surface area contributed by atoms with Crippen LogP contribution in [0.4, 0.5) is 10.5 Å². The van der Waals surface area contributed by atoms with Crippen LogP contribution >= 0.6 is 0 Å². The van der Waals surface area contributed by atoms with Crippen LogP contribution in [0.2, 0.25) is 0 Å². The lowest BCUT2D eigenvalue weighted by atomic mass is 10.2. The molecule has 1 heterocycles. The number of carbonyl (C=O) groups is 2. The summed E-state index contributed by atoms with van der Waals surface area (Å²) < 4.78 is 6.94. The van der Waals surface area contributed by atoms with Crippen molar-refractivity contribution in [1.82, 2.24) is 15.1 Å². The van der Waals surface area contributed by atoms with Gasteiger partial charge < -0.3 is 15.4 Å². The smallest absolute Gasteiger partial charge is 0.347 e. The number of urea groups is 1. The molecule has 0 aliphatic rings. The summed E-state index contributed by atoms with van der Waals surface area (Å²) in [5.74, 6) is -0.130. The molecule has 0 spiro atoms. The maximum atomic E-state index is 12.1. The Labute approximate surface area is 134 Å². The van der Waals surface area contributed by atoms with E-state index in [9.17, 15) is 9.59 Å². The maximum Gasteiger partial charge on any atom is 0.347 e. The quantitative estimate of drug-likeness (QED) is 0.655. The van der Waals surface area contributed by atoms with Crippen LogP contribution in [-0.4, -0.2) is 28.3 Å². The zero-order valence-electron chi connectivity index (χ0n) is 13.4. The highest BCUT2D eigenvalue weighted by Gasteiger charge is 2.15. The fraction of sp³-hybridized carbons (Fsp3) is 0.312. The standard InChI is InChI=1S/C16H20N4O3/c1-4-8-17-16(22)19-12-6-5-7-13(9-12)23-15(21)14-10-18-20(3)11(14)2/h5-7,9-10H,4,8H2,1-3H3,(H2,17,19,22). The molecule has 0 fully saturated rings. The molecule has 122 valence electrons. The predicted molar refractivity (Wildman–Crippen MR) is 86.7 cm³/mol. The number of esters is 1. The average Bonchev–Trinajstić information content (AvgIpc) is 2.85. The summed E-state index contributed by atoms with van der Waals surface area (Å²) in [7, 11) is 1.76. The molecule has 0 unspecified atom stereocenters. The van der Waals surface area contributed by atoms with Crippen molar-refractivity contribution in [3.63, 3.8) is 0 Å². The fourth-order valence-corrected chi connectivity index (χ4v) is 1.91. The third-order valence-corrected chi connectivity index (χ3v) is 3.29. The van der Waals surface area contributed by atoms with Gasteiger partial charge in [0.25, 0.3) is 0 Å². The summed E-state index contributed by atoms with van der Waals surface area (Å²) in [6.45, 7) is 4.36. The van der Waals surface area contributed by atoms with E-state index in [-0.39, 0.29) is 6.03 Å². The number of amides is 2. The van der Waals surface area contributed by atoms with Gasteiger partial charge in [-0.3, -0.25) is 4.68 Å². The monoisotopic (exact) mass is 316 g/mol. The van der Waals surface area contributed by atoms with E-state index in [2.05, 4.69) is 15.7 Å². The molecule has 0 saturated carbocycles. The third-order valence-electron chi connectivity index (χ3n) is 3.29. The highest BCUT2D eigenvalue weighted by Crippen LogP contribution is 2.19. The molecule has 23 heavy (non-hydrogen) atoms. The number of anilines is 1. The zero-order chi connectivity index (χ0) is 16.8. The number of nitrogens with zero attached hydrogens (tertiary/aromatic N) is 2. The Kier molecular flexibility index (Phi) is 5.35. The number of hydrogen-bond donors (Lipinski definition) is 2. The molecule has 7 nitrogen and oxygen atoms in total. The number of ether oxygens (including phenoxy) is 1. The van der Waals surface area contributed by atoms with Crippen LogP contribution < -0.4 is 15.4 Å². The van der Waals surface area contributed by atoms with Gasteiger partial charge in [-0.2, -0.15) is 5.10 Å². The summed E-state index contributed by atoms with van der Waals surface area (Å²) in [4.78, 5) is 23.8. The molecule has 0 aliphatic carbocycles. The Morgan fingerprint density at radius 1 is 1.35 bits per heavy atom. The van der Waals surface area contributed by atoms with E-state index in [1.807, 2.05) is 6.92 Å². The molecular formula is C16H20N4O3. The van der Waals surface area contributed by atoms with Crippen molar-refractivity contribution >= 4 is 17.7 Å². The Hall–Kier alpha value is -2.83. The minimum Gasteiger partial charge on any atom is -0.423 e. The molecular weight excluding hydrogens is 296 g/mol. The summed E-state index contributed by atoms with van der Waals surface area (Å²) >= 11 is 0. The van der Waals surface area contributed by atoms with Crippen LogP contribution in [0.5, 0.6) is 5.75 Å². The molecule has 2 aromatic rings. The Morgan fingerprint density at radius 2 is 2.13 bits per heavy atom. The summed E-state index contributed by atoms with van der Waals surface area (Å²) in [5, 5.41) is 9.41. The first-order chi connectivity index (χ1) is 11.0. The number of nitrogens with one attached hydrogen (secondary N) is 2. The average molecular weight is 316 g/mol. The van der Waals surface area contributed by atoms with Crippen molar-refractivity contribution in [2.75, 3.05) is 11.9 Å². The molecule has 0 saturated heterocycles. The zero-order valence-corrected chi connectivity index (χ0v) is 13.4. The van der Waals surface area contributed by atoms with Gasteiger partial charge in [0.15, 0.2) is 0 Å². The van der Waals surface area contributed by atoms with E-state index in [0.717, 1.165) is 12.1 Å². The highest BCUT2D eigenvalue weighted by molar-refractivity contribution is 5.92. The van der Waals surface area contributed by atoms with Crippen molar-refractivity contribution in [2.24, 2.45) is 7.05 Å². The second-order valence-corrected chi connectivity index (χ2v) is 5.07. The number of rotatable bonds is 5. The van der Waals surface area contributed by atoms with E-state index in [4.69, 9.17) is 4.74 Å². The fourth-order valence-electron chi connectivity index (χ4n) is 1.91. The van der Waals surface area contributed by atoms with Gasteiger partial charge in [-0.25, -0.2) is 9.59 Å². The van der Waals surface area contributed by atoms with Crippen molar-refractivity contribution in [3.05, 3.63) is 41.7 Å². The molecule has 1 aromatic carbocycles. The molecule has 2 rings (SSSR count). The van der Waals surface area contributed by atoms with Crippen LogP contribution in [0, 0.1) is 6.92 Å². The molecule has 0 radical (unpaired) electrons. The molecule has 1 aromatic heterocycles. The summed E-state index contributed by atoms with van der Waals surface area (Å²) in [6.07, 6.45) is 2.33. The van der Waals surface area contributed by atoms with Gasteiger partial charge >= 0.3 is 12.0 Å². The number of aromatic nitrogens is 2. The van der Waals surface area contributed by atoms with E-state index >= 15 is 0 Å². The van der Waals surface area contributed by atoms with Gasteiger partial charge in [-0.05, 0) is 25.5 Å². The van der Waals surface area contributed by atoms with Gasteiger partial charge in [-0.1, -0.05) is 13.0 Å². The number of aryl methyl sites for hydroxylation is 1. The first-order valence-corrected chi connectivity index (χ1v) is 7.37. The van der Waals surface area contributed by atoms with Gasteiger partial charge in [-0.15, -0.1) is 0 Å². The van der Waals surface area contributed by atoms with Gasteiger partial charge in [0.2, 0.25) is 0 Å². The second kappa shape index (κ2) is 7.44. The van der Waals surface area contributed by atoms with E-state index in [1.165, 1.54) is 6.20 Å². The number of benzene rings is 1. The first-order valence-electron chi connectivity index (χ1n) is 7.37. The van der Waals surface area contributed by atoms with Gasteiger partial charge in [0.05, 0.1) is 6.20 Å². The highest BCUT2D eigenvalue weighted by atomic mass is 16.5. The van der Waals surface area contributed by atoms with Crippen LogP contribution in [-0.2, 0) is 7.05 Å². The minimum absolute atomic E-state index is 0.293. The number of carbonyl (C=O) groups excluding carboxylic acids is 2. The van der Waals surface area contributed by atoms with Gasteiger partial charge in [0, 0.05) is 31.0 Å². The van der Waals surface area contributed by atoms with Crippen molar-refractivity contribution in [2.45, 2.75) is 20.3 Å². The van der Waals surface area contributed by atoms with Crippen LogP contribution in [0.15, 0.2) is 30.5 Å². The topological polar surface area (TPSA) is 85.2 Å². The summed E-state index contributed by atoms with van der Waals surface area (Å²) in [5.41, 5.74) is 1.68. The molecule has 7 heteroatoms. The molecule has 0 aliphatic heterocycles. The Morgan fingerprint density at radius 3 is 2.78 bits per heavy atom. The molecule has 0 bridgehead atoms. The number of hydrogen-bond acceptors (Lipinski definition) is 4. The van der Waals surface area contributed by atoms with Crippen molar-refractivity contribution < 1.29 is 14.3 Å². The lowest BCUT2D eigenvalue weighted by molar-refractivity contribution is 0.0734. The molecule has 2 amide bonds. The van der Waals surface area contributed by atoms with E-state index < -0.39 is 5.97 Å². The van der Waals surface area contributed by atoms with E-state index in [0.29, 0.717) is 23.5 Å². The lowest BCUT2D eigenvalue weighted by Gasteiger charge is -2.09. The second-order valence-electron chi connectivity index (χ2n) is 5.07. The van der Waals surface area contributed by atoms with Crippen molar-refractivity contribution in [1.29, 1.82) is 0 Å². The molecule has 0 atom stereocenters. The summed E-state index contributed by atoms with van der Waals surface area (Å²) in [6, 6.07) is 6.37. The van der Waals surface area contributed by atoms with Crippen LogP contribution in [0.25, 0.3) is 0 Å². The Balaban J connectivity index is 2.03. The third kappa shape index (κ3) is 4.32. The maximum absolute atomic E-state index is 12.1. The van der Waals surface area contributed by atoms with Crippen LogP contribution in [0.1, 0.15) is 29.4 Å². The molecule has 2 N–H and O–H groups in total. The lowest BCUT2D eigenvalue weighted by Crippen LogP contribution is -2.29. The first kappa shape index (κ1) is 16.5. The van der Waals surface area contributed by atoms with Crippen LogP contribution in [0.3, 0.4) is 0 Å².